The Labute approximate surface area is 158 Å². The first-order valence-corrected chi connectivity index (χ1v) is 7.88. The van der Waals surface area contributed by atoms with Gasteiger partial charge in [0.15, 0.2) is 0 Å². The van der Waals surface area contributed by atoms with Crippen LogP contribution in [0.5, 0.6) is 0 Å². The second-order valence-electron chi connectivity index (χ2n) is 4.17. The number of carboxylic acids is 1. The molecule has 7 heteroatoms. The first-order valence-electron chi connectivity index (χ1n) is 6.34. The van der Waals surface area contributed by atoms with Crippen molar-refractivity contribution in [2.45, 2.75) is 51.9 Å². The van der Waals surface area contributed by atoms with Gasteiger partial charge in [0.05, 0.1) is 12.5 Å². The first-order chi connectivity index (χ1) is 8.48. The molecule has 0 bridgehead atoms. The van der Waals surface area contributed by atoms with E-state index in [1.165, 1.54) is 25.7 Å². The summed E-state index contributed by atoms with van der Waals surface area (Å²) in [5.41, 5.74) is 0. The number of hydrogen-bond acceptors (Lipinski definition) is 4. The minimum absolute atomic E-state index is 0. The van der Waals surface area contributed by atoms with Gasteiger partial charge < -0.3 is 9.90 Å². The number of carbonyl (C=O) groups is 1. The van der Waals surface area contributed by atoms with Crippen LogP contribution < -0.4 is 61.2 Å². The molecule has 0 saturated heterocycles. The molecule has 0 unspecified atom stereocenters. The molecule has 0 aliphatic heterocycles. The van der Waals surface area contributed by atoms with Gasteiger partial charge in [-0.2, -0.15) is 0 Å². The SMILES string of the molecule is CCCCCCCC/C=C/S(=O)(=O)NCC(=O)[O-].[K+]. The van der Waals surface area contributed by atoms with Crippen LogP contribution in [0.1, 0.15) is 51.9 Å². The van der Waals surface area contributed by atoms with Crippen LogP contribution in [0.2, 0.25) is 0 Å². The van der Waals surface area contributed by atoms with Crippen LogP contribution in [0, 0.1) is 0 Å². The number of sulfonamides is 1. The van der Waals surface area contributed by atoms with Gasteiger partial charge in [-0.05, 0) is 12.8 Å². The minimum Gasteiger partial charge on any atom is -0.549 e. The molecular formula is C12H22KNO4S. The molecule has 0 aliphatic carbocycles. The molecule has 0 saturated carbocycles. The van der Waals surface area contributed by atoms with Crippen molar-refractivity contribution in [3.63, 3.8) is 0 Å². The molecule has 0 heterocycles. The topological polar surface area (TPSA) is 86.3 Å². The van der Waals surface area contributed by atoms with Crippen molar-refractivity contribution in [2.75, 3.05) is 6.54 Å². The van der Waals surface area contributed by atoms with Crippen molar-refractivity contribution in [2.24, 2.45) is 0 Å². The van der Waals surface area contributed by atoms with Gasteiger partial charge in [0, 0.05) is 5.41 Å². The molecule has 106 valence electrons. The van der Waals surface area contributed by atoms with Crippen molar-refractivity contribution in [1.29, 1.82) is 0 Å². The predicted octanol–water partition coefficient (Wildman–Crippen LogP) is -2.08. The van der Waals surface area contributed by atoms with E-state index in [4.69, 9.17) is 0 Å². The molecule has 0 aromatic heterocycles. The Bertz CT molecular complexity index is 355. The smallest absolute Gasteiger partial charge is 0.549 e. The third kappa shape index (κ3) is 16.7. The van der Waals surface area contributed by atoms with E-state index in [9.17, 15) is 18.3 Å². The second-order valence-corrected chi connectivity index (χ2v) is 5.82. The molecule has 5 nitrogen and oxygen atoms in total. The molecule has 0 rings (SSSR count). The maximum absolute atomic E-state index is 11.2. The van der Waals surface area contributed by atoms with Crippen molar-refractivity contribution in [1.82, 2.24) is 4.72 Å². The van der Waals surface area contributed by atoms with Crippen LogP contribution in [-0.4, -0.2) is 20.9 Å². The van der Waals surface area contributed by atoms with E-state index in [1.807, 2.05) is 4.72 Å². The predicted molar refractivity (Wildman–Crippen MR) is 69.1 cm³/mol. The van der Waals surface area contributed by atoms with E-state index >= 15 is 0 Å². The molecular weight excluding hydrogens is 293 g/mol. The fourth-order valence-electron chi connectivity index (χ4n) is 1.44. The van der Waals surface area contributed by atoms with E-state index in [1.54, 1.807) is 6.08 Å². The van der Waals surface area contributed by atoms with Crippen molar-refractivity contribution < 1.29 is 69.7 Å². The number of carboxylic acid groups (broad SMARTS) is 1. The van der Waals surface area contributed by atoms with Crippen LogP contribution in [0.15, 0.2) is 11.5 Å². The maximum atomic E-state index is 11.2. The molecule has 0 aliphatic rings. The number of unbranched alkanes of at least 4 members (excludes halogenated alkanes) is 6. The largest absolute Gasteiger partial charge is 1.00 e. The molecule has 19 heavy (non-hydrogen) atoms. The van der Waals surface area contributed by atoms with Crippen molar-refractivity contribution in [3.8, 4) is 0 Å². The second kappa shape index (κ2) is 13.7. The number of allylic oxidation sites excluding steroid dienone is 1. The quantitative estimate of drug-likeness (QED) is 0.350. The standard InChI is InChI=1S/C12H23NO4S.K/c1-2-3-4-5-6-7-8-9-10-18(16,17)13-11-12(14)15;/h9-10,13H,2-8,11H2,1H3,(H,14,15);/q;+1/p-1/b10-9+;. The number of aliphatic carboxylic acids is 1. The first kappa shape index (κ1) is 22.0. The average Bonchev–Trinajstić information content (AvgIpc) is 2.30. The number of nitrogens with one attached hydrogen (secondary N) is 1. The van der Waals surface area contributed by atoms with Crippen LogP contribution >= 0.6 is 0 Å². The van der Waals surface area contributed by atoms with Gasteiger partial charge in [0.1, 0.15) is 0 Å². The summed E-state index contributed by atoms with van der Waals surface area (Å²) in [5, 5.41) is 11.1. The number of rotatable bonds is 11. The summed E-state index contributed by atoms with van der Waals surface area (Å²) in [5.74, 6) is -1.44. The zero-order valence-electron chi connectivity index (χ0n) is 11.9. The van der Waals surface area contributed by atoms with Gasteiger partial charge in [-0.1, -0.05) is 45.1 Å². The molecule has 1 N–H and O–H groups in total. The Morgan fingerprint density at radius 1 is 1.16 bits per heavy atom. The van der Waals surface area contributed by atoms with Gasteiger partial charge in [0.25, 0.3) is 0 Å². The summed E-state index contributed by atoms with van der Waals surface area (Å²) >= 11 is 0. The van der Waals surface area contributed by atoms with Gasteiger partial charge in [-0.3, -0.25) is 0 Å². The number of carbonyl (C=O) groups excluding carboxylic acids is 1. The Morgan fingerprint density at radius 2 is 1.74 bits per heavy atom. The zero-order valence-corrected chi connectivity index (χ0v) is 15.8. The van der Waals surface area contributed by atoms with E-state index in [0.29, 0.717) is 6.42 Å². The Hall–Kier alpha value is 0.756. The Morgan fingerprint density at radius 3 is 2.32 bits per heavy atom. The van der Waals surface area contributed by atoms with E-state index in [2.05, 4.69) is 6.92 Å². The van der Waals surface area contributed by atoms with Crippen LogP contribution in [0.3, 0.4) is 0 Å². The summed E-state index contributed by atoms with van der Waals surface area (Å²) in [6.07, 6.45) is 9.16. The normalized spacial score (nSPS) is 11.4. The van der Waals surface area contributed by atoms with E-state index in [-0.39, 0.29) is 51.4 Å². The molecule has 0 aromatic rings. The third-order valence-electron chi connectivity index (χ3n) is 2.42. The maximum Gasteiger partial charge on any atom is 1.00 e. The van der Waals surface area contributed by atoms with Crippen molar-refractivity contribution in [3.05, 3.63) is 11.5 Å². The summed E-state index contributed by atoms with van der Waals surface area (Å²) in [7, 11) is -3.63. The van der Waals surface area contributed by atoms with E-state index < -0.39 is 22.5 Å². The summed E-state index contributed by atoms with van der Waals surface area (Å²) in [4.78, 5) is 10.1. The number of hydrogen-bond donors (Lipinski definition) is 1. The summed E-state index contributed by atoms with van der Waals surface area (Å²) in [6.45, 7) is 1.47. The van der Waals surface area contributed by atoms with Crippen LogP contribution in [0.4, 0.5) is 0 Å². The fourth-order valence-corrected chi connectivity index (χ4v) is 2.25. The molecule has 0 fully saturated rings. The zero-order chi connectivity index (χ0) is 13.9. The minimum atomic E-state index is -3.63. The fraction of sp³-hybridized carbons (Fsp3) is 0.750. The van der Waals surface area contributed by atoms with Gasteiger partial charge in [-0.25, -0.2) is 13.1 Å². The van der Waals surface area contributed by atoms with Gasteiger partial charge in [-0.15, -0.1) is 0 Å². The third-order valence-corrected chi connectivity index (χ3v) is 3.51. The molecule has 0 spiro atoms. The van der Waals surface area contributed by atoms with Crippen LogP contribution in [-0.2, 0) is 14.8 Å². The molecule has 0 atom stereocenters. The van der Waals surface area contributed by atoms with Gasteiger partial charge >= 0.3 is 51.4 Å². The van der Waals surface area contributed by atoms with Gasteiger partial charge in [0.2, 0.25) is 10.0 Å². The van der Waals surface area contributed by atoms with Crippen LogP contribution in [0.25, 0.3) is 0 Å². The molecule has 0 radical (unpaired) electrons. The van der Waals surface area contributed by atoms with Crippen molar-refractivity contribution >= 4 is 16.0 Å². The average molecular weight is 315 g/mol. The Balaban J connectivity index is 0. The monoisotopic (exact) mass is 315 g/mol. The molecule has 0 amide bonds. The Kier molecular flexibility index (Phi) is 15.9. The van der Waals surface area contributed by atoms with E-state index in [0.717, 1.165) is 18.2 Å². The summed E-state index contributed by atoms with van der Waals surface area (Å²) in [6, 6.07) is 0. The summed E-state index contributed by atoms with van der Waals surface area (Å²) < 4.78 is 24.3. The molecule has 0 aromatic carbocycles.